The molecule has 0 aliphatic carbocycles. The second kappa shape index (κ2) is 7.28. The molecule has 0 saturated heterocycles. The van der Waals surface area contributed by atoms with Gasteiger partial charge in [-0.1, -0.05) is 11.3 Å². The molecule has 2 N–H and O–H groups in total. The van der Waals surface area contributed by atoms with Crippen LogP contribution in [0.5, 0.6) is 5.75 Å². The van der Waals surface area contributed by atoms with Crippen molar-refractivity contribution >= 4 is 32.6 Å². The summed E-state index contributed by atoms with van der Waals surface area (Å²) in [6.45, 7) is 0. The number of alkyl halides is 9. The fraction of sp³-hybridized carbons (Fsp3) is 0.176. The largest absolute Gasteiger partial charge is 0.507 e. The van der Waals surface area contributed by atoms with Crippen LogP contribution in [0, 0.1) is 0 Å². The van der Waals surface area contributed by atoms with Crippen LogP contribution >= 0.6 is 11.3 Å². The van der Waals surface area contributed by atoms with E-state index in [2.05, 4.69) is 4.98 Å². The Hall–Kier alpha value is -3.03. The van der Waals surface area contributed by atoms with Gasteiger partial charge in [-0.05, 0) is 30.3 Å². The number of halogens is 9. The lowest BCUT2D eigenvalue weighted by Crippen LogP contribution is -2.20. The number of phenols is 1. The third-order valence-corrected chi connectivity index (χ3v) is 4.86. The van der Waals surface area contributed by atoms with Crippen molar-refractivity contribution in [1.82, 2.24) is 4.98 Å². The minimum Gasteiger partial charge on any atom is -0.507 e. The fourth-order valence-electron chi connectivity index (χ4n) is 2.56. The molecule has 0 radical (unpaired) electrons. The van der Waals surface area contributed by atoms with Gasteiger partial charge in [0.15, 0.2) is 5.13 Å². The molecule has 0 aliphatic heterocycles. The van der Waals surface area contributed by atoms with Crippen LogP contribution in [0.1, 0.15) is 27.0 Å². The number of hydrogen-bond donors (Lipinski definition) is 2. The first-order valence-corrected chi connectivity index (χ1v) is 8.69. The maximum atomic E-state index is 13.2. The summed E-state index contributed by atoms with van der Waals surface area (Å²) in [5.41, 5.74) is -6.30. The average molecular weight is 474 g/mol. The molecule has 0 bridgehead atoms. The summed E-state index contributed by atoms with van der Waals surface area (Å²) >= 11 is 0.509. The van der Waals surface area contributed by atoms with Gasteiger partial charge in [-0.25, -0.2) is 4.98 Å². The number of thiazole rings is 1. The number of carbonyl (C=O) groups is 1. The Bertz CT molecular complexity index is 1160. The van der Waals surface area contributed by atoms with Crippen molar-refractivity contribution in [2.75, 3.05) is 5.32 Å². The monoisotopic (exact) mass is 474 g/mol. The van der Waals surface area contributed by atoms with Crippen LogP contribution in [0.25, 0.3) is 10.2 Å². The van der Waals surface area contributed by atoms with Crippen LogP contribution in [0.4, 0.5) is 44.6 Å². The van der Waals surface area contributed by atoms with Crippen LogP contribution in [0.2, 0.25) is 0 Å². The van der Waals surface area contributed by atoms with Crippen LogP contribution in [0.3, 0.4) is 0 Å². The number of nitrogens with one attached hydrogen (secondary N) is 1. The Morgan fingerprint density at radius 2 is 1.48 bits per heavy atom. The van der Waals surface area contributed by atoms with Crippen LogP contribution in [0.15, 0.2) is 30.3 Å². The normalized spacial score (nSPS) is 12.9. The zero-order chi connectivity index (χ0) is 23.4. The smallest absolute Gasteiger partial charge is 0.419 e. The standard InChI is InChI=1S/C17H7F9N2O2S/c18-15(19,20)6-1-2-10-12(3-6)31-14(27-10)28-13(30)7-4-11(29)9(17(24,25)26)5-8(7)16(21,22)23/h1-5,29H,(H,27,28,30). The molecule has 1 amide bonds. The highest BCUT2D eigenvalue weighted by Crippen LogP contribution is 2.42. The second-order valence-corrected chi connectivity index (χ2v) is 7.09. The van der Waals surface area contributed by atoms with Gasteiger partial charge in [0.2, 0.25) is 0 Å². The van der Waals surface area contributed by atoms with Crippen LogP contribution in [-0.4, -0.2) is 16.0 Å². The van der Waals surface area contributed by atoms with Gasteiger partial charge < -0.3 is 5.11 Å². The van der Waals surface area contributed by atoms with Crippen molar-refractivity contribution in [3.8, 4) is 5.75 Å². The number of aromatic hydroxyl groups is 1. The summed E-state index contributed by atoms with van der Waals surface area (Å²) in [5.74, 6) is -3.17. The quantitative estimate of drug-likeness (QED) is 0.428. The van der Waals surface area contributed by atoms with Gasteiger partial charge in [-0.3, -0.25) is 10.1 Å². The molecule has 166 valence electrons. The van der Waals surface area contributed by atoms with E-state index in [1.54, 1.807) is 0 Å². The molecule has 0 unspecified atom stereocenters. The molecule has 4 nitrogen and oxygen atoms in total. The molecule has 31 heavy (non-hydrogen) atoms. The van der Waals surface area contributed by atoms with Gasteiger partial charge >= 0.3 is 18.5 Å². The summed E-state index contributed by atoms with van der Waals surface area (Å²) in [6.07, 6.45) is -15.4. The SMILES string of the molecule is O=C(Nc1nc2ccc(C(F)(F)F)cc2s1)c1cc(O)c(C(F)(F)F)cc1C(F)(F)F. The van der Waals surface area contributed by atoms with E-state index < -0.39 is 63.6 Å². The van der Waals surface area contributed by atoms with Gasteiger partial charge in [0.25, 0.3) is 5.91 Å². The Kier molecular flexibility index (Phi) is 5.32. The molecule has 0 fully saturated rings. The third-order valence-electron chi connectivity index (χ3n) is 3.93. The number of benzene rings is 2. The molecule has 0 aliphatic rings. The summed E-state index contributed by atoms with van der Waals surface area (Å²) in [5, 5.41) is 11.0. The Morgan fingerprint density at radius 1 is 0.871 bits per heavy atom. The van der Waals surface area contributed by atoms with Crippen molar-refractivity contribution < 1.29 is 49.4 Å². The Labute approximate surface area is 169 Å². The molecule has 0 atom stereocenters. The average Bonchev–Trinajstić information content (AvgIpc) is 2.99. The number of hydrogen-bond acceptors (Lipinski definition) is 4. The third kappa shape index (κ3) is 4.68. The maximum Gasteiger partial charge on any atom is 0.419 e. The summed E-state index contributed by atoms with van der Waals surface area (Å²) < 4.78 is 116. The van der Waals surface area contributed by atoms with E-state index in [1.165, 1.54) is 0 Å². The van der Waals surface area contributed by atoms with E-state index in [4.69, 9.17) is 0 Å². The summed E-state index contributed by atoms with van der Waals surface area (Å²) in [7, 11) is 0. The molecule has 1 aromatic heterocycles. The van der Waals surface area contributed by atoms with Crippen molar-refractivity contribution in [2.45, 2.75) is 18.5 Å². The lowest BCUT2D eigenvalue weighted by Gasteiger charge is -2.16. The first-order valence-electron chi connectivity index (χ1n) is 7.88. The fourth-order valence-corrected chi connectivity index (χ4v) is 3.46. The number of nitrogens with zero attached hydrogens (tertiary/aromatic N) is 1. The molecule has 0 saturated carbocycles. The van der Waals surface area contributed by atoms with E-state index in [0.717, 1.165) is 6.07 Å². The van der Waals surface area contributed by atoms with Crippen molar-refractivity contribution in [3.63, 3.8) is 0 Å². The van der Waals surface area contributed by atoms with Crippen molar-refractivity contribution in [2.24, 2.45) is 0 Å². The molecule has 14 heteroatoms. The molecular formula is C17H7F9N2O2S. The lowest BCUT2D eigenvalue weighted by molar-refractivity contribution is -0.144. The van der Waals surface area contributed by atoms with Gasteiger partial charge in [-0.2, -0.15) is 39.5 Å². The van der Waals surface area contributed by atoms with Crippen molar-refractivity contribution in [3.05, 3.63) is 52.6 Å². The van der Waals surface area contributed by atoms with Gasteiger partial charge in [0.05, 0.1) is 32.5 Å². The maximum absolute atomic E-state index is 13.2. The number of phenolic OH excluding ortho intramolecular Hbond substituents is 1. The van der Waals surface area contributed by atoms with E-state index in [-0.39, 0.29) is 16.3 Å². The molecule has 2 aromatic carbocycles. The van der Waals surface area contributed by atoms with Crippen LogP contribution < -0.4 is 5.32 Å². The second-order valence-electron chi connectivity index (χ2n) is 6.06. The lowest BCUT2D eigenvalue weighted by atomic mass is 10.0. The summed E-state index contributed by atoms with van der Waals surface area (Å²) in [4.78, 5) is 16.0. The van der Waals surface area contributed by atoms with Crippen molar-refractivity contribution in [1.29, 1.82) is 0 Å². The minimum absolute atomic E-state index is 0.000360. The number of amides is 1. The molecule has 0 spiro atoms. The molecule has 3 aromatic rings. The first kappa shape index (κ1) is 22.7. The number of carbonyl (C=O) groups excluding carboxylic acids is 1. The first-order chi connectivity index (χ1) is 14.1. The van der Waals surface area contributed by atoms with E-state index in [1.807, 2.05) is 5.32 Å². The number of aromatic nitrogens is 1. The number of anilines is 1. The van der Waals surface area contributed by atoms with Gasteiger partial charge in [0, 0.05) is 0 Å². The topological polar surface area (TPSA) is 62.2 Å². The summed E-state index contributed by atoms with van der Waals surface area (Å²) in [6, 6.07) is 2.01. The highest BCUT2D eigenvalue weighted by Gasteiger charge is 2.41. The highest BCUT2D eigenvalue weighted by molar-refractivity contribution is 7.22. The number of rotatable bonds is 2. The predicted molar refractivity (Wildman–Crippen MR) is 90.7 cm³/mol. The zero-order valence-electron chi connectivity index (χ0n) is 14.5. The molecule has 3 rings (SSSR count). The predicted octanol–water partition coefficient (Wildman–Crippen LogP) is 6.31. The van der Waals surface area contributed by atoms with Gasteiger partial charge in [-0.15, -0.1) is 0 Å². The van der Waals surface area contributed by atoms with Gasteiger partial charge in [0.1, 0.15) is 5.75 Å². The number of fused-ring (bicyclic) bond motifs is 1. The molecule has 1 heterocycles. The van der Waals surface area contributed by atoms with E-state index in [0.29, 0.717) is 23.5 Å². The Morgan fingerprint density at radius 3 is 2.03 bits per heavy atom. The van der Waals surface area contributed by atoms with E-state index in [9.17, 15) is 49.4 Å². The van der Waals surface area contributed by atoms with E-state index >= 15 is 0 Å². The Balaban J connectivity index is 2.00. The molecular weight excluding hydrogens is 467 g/mol. The zero-order valence-corrected chi connectivity index (χ0v) is 15.3. The van der Waals surface area contributed by atoms with Crippen LogP contribution in [-0.2, 0) is 18.5 Å². The highest BCUT2D eigenvalue weighted by atomic mass is 32.1. The minimum atomic E-state index is -5.38.